The zero-order valence-corrected chi connectivity index (χ0v) is 29.5. The highest BCUT2D eigenvalue weighted by atomic mass is 32.2. The standard InChI is InChI=1S/2C16H19N3O4S/c2*1-5-14(22)23-13-8-6-12(7-9-13)16(4)19(11(3)21)18-15(24-16)17-10(2)20/h2*6-9H,5H2,1-4H3,(H,17,18,20)/t2*16-/m00/s1. The fraction of sp³-hybridized carbons (Fsp3) is 0.375. The van der Waals surface area contributed by atoms with Crippen LogP contribution in [0.4, 0.5) is 0 Å². The number of amides is 4. The molecule has 0 fully saturated rings. The van der Waals surface area contributed by atoms with Crippen LogP contribution in [0.5, 0.6) is 11.5 Å². The minimum atomic E-state index is -0.795. The number of benzene rings is 2. The monoisotopic (exact) mass is 698 g/mol. The van der Waals surface area contributed by atoms with Crippen LogP contribution in [-0.2, 0) is 38.5 Å². The minimum Gasteiger partial charge on any atom is -0.427 e. The van der Waals surface area contributed by atoms with Crippen molar-refractivity contribution in [1.29, 1.82) is 0 Å². The zero-order valence-electron chi connectivity index (χ0n) is 27.9. The molecule has 2 aliphatic heterocycles. The van der Waals surface area contributed by atoms with Crippen LogP contribution in [0.1, 0.15) is 79.4 Å². The number of carbonyl (C=O) groups excluding carboxylic acids is 6. The van der Waals surface area contributed by atoms with Gasteiger partial charge < -0.3 is 20.1 Å². The van der Waals surface area contributed by atoms with Gasteiger partial charge >= 0.3 is 11.9 Å². The lowest BCUT2D eigenvalue weighted by Crippen LogP contribution is -2.37. The topological polar surface area (TPSA) is 176 Å². The Morgan fingerprint density at radius 3 is 1.19 bits per heavy atom. The normalized spacial score (nSPS) is 19.7. The Balaban J connectivity index is 0.000000260. The van der Waals surface area contributed by atoms with Crippen molar-refractivity contribution >= 4 is 69.4 Å². The third-order valence-corrected chi connectivity index (χ3v) is 9.13. The third-order valence-electron chi connectivity index (χ3n) is 6.76. The quantitative estimate of drug-likeness (QED) is 0.326. The van der Waals surface area contributed by atoms with Crippen molar-refractivity contribution in [2.24, 2.45) is 10.2 Å². The molecule has 0 saturated carbocycles. The fourth-order valence-corrected chi connectivity index (χ4v) is 6.86. The molecule has 2 heterocycles. The number of thioether (sulfide) groups is 2. The molecule has 0 bridgehead atoms. The molecule has 0 aliphatic carbocycles. The van der Waals surface area contributed by atoms with E-state index < -0.39 is 9.74 Å². The minimum absolute atomic E-state index is 0.244. The molecule has 0 spiro atoms. The number of hydrogen-bond donors (Lipinski definition) is 2. The lowest BCUT2D eigenvalue weighted by molar-refractivity contribution is -0.134. The summed E-state index contributed by atoms with van der Waals surface area (Å²) in [5.41, 5.74) is 1.59. The van der Waals surface area contributed by atoms with Crippen molar-refractivity contribution in [3.63, 3.8) is 0 Å². The van der Waals surface area contributed by atoms with Gasteiger partial charge in [-0.05, 0) is 49.2 Å². The SMILES string of the molecule is CCC(=O)Oc1ccc([C@]2(C)SC(NC(C)=O)=NN2C(C)=O)cc1.CCC(=O)Oc1ccc([C@]2(C)SC(NC(C)=O)=NN2C(C)=O)cc1. The number of nitrogens with one attached hydrogen (secondary N) is 2. The fourth-order valence-electron chi connectivity index (χ4n) is 4.45. The Labute approximate surface area is 287 Å². The summed E-state index contributed by atoms with van der Waals surface area (Å²) in [6, 6.07) is 13.8. The summed E-state index contributed by atoms with van der Waals surface area (Å²) in [5, 5.41) is 17.0. The van der Waals surface area contributed by atoms with E-state index in [1.165, 1.54) is 61.2 Å². The van der Waals surface area contributed by atoms with Crippen LogP contribution < -0.4 is 20.1 Å². The molecular weight excluding hydrogens is 661 g/mol. The van der Waals surface area contributed by atoms with Gasteiger partial charge in [-0.3, -0.25) is 28.8 Å². The first kappa shape index (κ1) is 37.8. The molecule has 2 aliphatic rings. The van der Waals surface area contributed by atoms with Crippen molar-refractivity contribution in [3.8, 4) is 11.5 Å². The predicted octanol–water partition coefficient (Wildman–Crippen LogP) is 4.35. The largest absolute Gasteiger partial charge is 0.427 e. The second-order valence-corrected chi connectivity index (χ2v) is 13.5. The Hall–Kier alpha value is -4.70. The van der Waals surface area contributed by atoms with Gasteiger partial charge in [-0.1, -0.05) is 61.6 Å². The van der Waals surface area contributed by atoms with E-state index >= 15 is 0 Å². The second-order valence-electron chi connectivity index (χ2n) is 10.7. The summed E-state index contributed by atoms with van der Waals surface area (Å²) < 4.78 is 10.3. The summed E-state index contributed by atoms with van der Waals surface area (Å²) in [5.74, 6) is -0.744. The van der Waals surface area contributed by atoms with Gasteiger partial charge in [0.05, 0.1) is 0 Å². The van der Waals surface area contributed by atoms with E-state index in [9.17, 15) is 28.8 Å². The van der Waals surface area contributed by atoms with Crippen molar-refractivity contribution < 1.29 is 38.2 Å². The van der Waals surface area contributed by atoms with Crippen LogP contribution in [0.2, 0.25) is 0 Å². The first-order chi connectivity index (χ1) is 22.5. The molecule has 0 radical (unpaired) electrons. The predicted molar refractivity (Wildman–Crippen MR) is 182 cm³/mol. The maximum absolute atomic E-state index is 11.9. The first-order valence-corrected chi connectivity index (χ1v) is 16.5. The maximum atomic E-state index is 11.9. The van der Waals surface area contributed by atoms with E-state index in [2.05, 4.69) is 20.8 Å². The van der Waals surface area contributed by atoms with Gasteiger partial charge in [0.25, 0.3) is 0 Å². The van der Waals surface area contributed by atoms with Crippen LogP contribution in [0.3, 0.4) is 0 Å². The van der Waals surface area contributed by atoms with Crippen LogP contribution in [-0.4, -0.2) is 55.9 Å². The Morgan fingerprint density at radius 2 is 0.938 bits per heavy atom. The van der Waals surface area contributed by atoms with Gasteiger partial charge in [0.1, 0.15) is 21.2 Å². The number of carbonyl (C=O) groups is 6. The molecule has 0 unspecified atom stereocenters. The molecule has 16 heteroatoms. The van der Waals surface area contributed by atoms with Gasteiger partial charge in [0.15, 0.2) is 10.3 Å². The third kappa shape index (κ3) is 9.22. The van der Waals surface area contributed by atoms with Gasteiger partial charge in [0.2, 0.25) is 23.6 Å². The van der Waals surface area contributed by atoms with E-state index in [-0.39, 0.29) is 35.6 Å². The van der Waals surface area contributed by atoms with Crippen molar-refractivity contribution in [2.75, 3.05) is 0 Å². The molecule has 2 atom stereocenters. The summed E-state index contributed by atoms with van der Waals surface area (Å²) in [4.78, 5) is 67.4. The molecule has 4 amide bonds. The Morgan fingerprint density at radius 1 is 0.625 bits per heavy atom. The Kier molecular flexibility index (Phi) is 12.5. The maximum Gasteiger partial charge on any atom is 0.310 e. The molecule has 14 nitrogen and oxygen atoms in total. The second kappa shape index (κ2) is 15.9. The first-order valence-electron chi connectivity index (χ1n) is 14.9. The molecule has 0 aromatic heterocycles. The summed E-state index contributed by atoms with van der Waals surface area (Å²) >= 11 is 2.54. The molecule has 2 aromatic rings. The highest BCUT2D eigenvalue weighted by Gasteiger charge is 2.45. The molecule has 2 aromatic carbocycles. The molecule has 2 N–H and O–H groups in total. The molecule has 256 valence electrons. The molecule has 4 rings (SSSR count). The Bertz CT molecular complexity index is 1530. The van der Waals surface area contributed by atoms with Crippen molar-refractivity contribution in [1.82, 2.24) is 20.7 Å². The summed E-state index contributed by atoms with van der Waals surface area (Å²) in [6.45, 7) is 12.7. The van der Waals surface area contributed by atoms with Crippen LogP contribution in [0, 0.1) is 0 Å². The lowest BCUT2D eigenvalue weighted by atomic mass is 10.1. The number of hydrazone groups is 2. The van der Waals surface area contributed by atoms with E-state index in [1.54, 1.807) is 62.4 Å². The van der Waals surface area contributed by atoms with Crippen LogP contribution in [0.15, 0.2) is 58.7 Å². The van der Waals surface area contributed by atoms with Crippen LogP contribution in [0.25, 0.3) is 0 Å². The van der Waals surface area contributed by atoms with E-state index in [1.807, 2.05) is 13.8 Å². The van der Waals surface area contributed by atoms with Gasteiger partial charge in [-0.15, -0.1) is 10.2 Å². The average Bonchev–Trinajstić information content (AvgIpc) is 3.54. The van der Waals surface area contributed by atoms with Gasteiger partial charge in [-0.25, -0.2) is 10.0 Å². The summed E-state index contributed by atoms with van der Waals surface area (Å²) in [6.07, 6.45) is 0.586. The van der Waals surface area contributed by atoms with Crippen LogP contribution >= 0.6 is 23.5 Å². The smallest absolute Gasteiger partial charge is 0.310 e. The number of hydrogen-bond acceptors (Lipinski definition) is 12. The van der Waals surface area contributed by atoms with E-state index in [0.717, 1.165) is 11.1 Å². The highest BCUT2D eigenvalue weighted by molar-refractivity contribution is 8.15. The van der Waals surface area contributed by atoms with E-state index in [4.69, 9.17) is 9.47 Å². The molecule has 0 saturated heterocycles. The number of esters is 2. The number of nitrogens with zero attached hydrogens (tertiary/aromatic N) is 4. The summed E-state index contributed by atoms with van der Waals surface area (Å²) in [7, 11) is 0. The lowest BCUT2D eigenvalue weighted by Gasteiger charge is -2.31. The highest BCUT2D eigenvalue weighted by Crippen LogP contribution is 2.46. The molecule has 48 heavy (non-hydrogen) atoms. The van der Waals surface area contributed by atoms with E-state index in [0.29, 0.717) is 34.7 Å². The van der Waals surface area contributed by atoms with Gasteiger partial charge in [-0.2, -0.15) is 0 Å². The number of amidine groups is 2. The number of rotatable bonds is 6. The van der Waals surface area contributed by atoms with Crippen molar-refractivity contribution in [3.05, 3.63) is 59.7 Å². The zero-order chi connectivity index (χ0) is 35.8. The molecular formula is C32H38N6O8S2. The van der Waals surface area contributed by atoms with Gasteiger partial charge in [0, 0.05) is 40.5 Å². The number of ether oxygens (including phenoxy) is 2. The average molecular weight is 699 g/mol. The van der Waals surface area contributed by atoms with Crippen molar-refractivity contribution in [2.45, 2.75) is 78.0 Å².